The Morgan fingerprint density at radius 1 is 1.00 bits per heavy atom. The van der Waals surface area contributed by atoms with Crippen LogP contribution in [0.3, 0.4) is 0 Å². The number of phenolic OH excluding ortho intramolecular Hbond substituents is 1. The Balaban J connectivity index is 1.92. The normalized spacial score (nSPS) is 13.0. The van der Waals surface area contributed by atoms with E-state index in [2.05, 4.69) is 5.32 Å². The number of hydrogen-bond acceptors (Lipinski definition) is 5. The third kappa shape index (κ3) is 4.22. The molecule has 0 bridgehead atoms. The topological polar surface area (TPSA) is 113 Å². The molecule has 3 aromatic carbocycles. The molecule has 0 spiro atoms. The van der Waals surface area contributed by atoms with E-state index in [1.54, 1.807) is 12.1 Å². The molecule has 0 aliphatic rings. The number of aromatic hydroxyl groups is 1. The molecular weight excluding hydrogens is 413 g/mol. The molecule has 0 radical (unpaired) electrons. The van der Waals surface area contributed by atoms with Gasteiger partial charge in [-0.05, 0) is 0 Å². The Morgan fingerprint density at radius 2 is 1.70 bits per heavy atom. The molecule has 0 saturated heterocycles. The number of anilines is 1. The zero-order valence-corrected chi connectivity index (χ0v) is 16.1. The SMILES string of the molecule is CC(=O)Nc1cc(O)ccc1[As](=O)(O)OC(=O)c1ccc2ccccc2c1. The third-order valence-corrected chi connectivity index (χ3v) is 6.75. The number of rotatable bonds is 4. The van der Waals surface area contributed by atoms with E-state index in [9.17, 15) is 22.5 Å². The van der Waals surface area contributed by atoms with Gasteiger partial charge in [0.2, 0.25) is 0 Å². The van der Waals surface area contributed by atoms with Gasteiger partial charge in [-0.25, -0.2) is 0 Å². The molecule has 1 atom stereocenters. The number of nitrogens with one attached hydrogen (secondary N) is 1. The van der Waals surface area contributed by atoms with Gasteiger partial charge >= 0.3 is 157 Å². The van der Waals surface area contributed by atoms with Crippen LogP contribution in [0.5, 0.6) is 5.75 Å². The molecule has 3 N–H and O–H groups in total. The summed E-state index contributed by atoms with van der Waals surface area (Å²) in [5.41, 5.74) is 0.0445. The second-order valence-electron chi connectivity index (χ2n) is 5.84. The Bertz CT molecular complexity index is 1090. The van der Waals surface area contributed by atoms with E-state index < -0.39 is 26.0 Å². The molecule has 1 unspecified atom stereocenters. The number of carbonyl (C=O) groups is 2. The molecule has 0 aliphatic heterocycles. The maximum atomic E-state index is 12.7. The molecule has 138 valence electrons. The molecule has 7 nitrogen and oxygen atoms in total. The van der Waals surface area contributed by atoms with Crippen molar-refractivity contribution in [2.24, 2.45) is 0 Å². The van der Waals surface area contributed by atoms with Gasteiger partial charge in [0.25, 0.3) is 0 Å². The van der Waals surface area contributed by atoms with Crippen molar-refractivity contribution in [1.82, 2.24) is 0 Å². The first-order chi connectivity index (χ1) is 12.8. The quantitative estimate of drug-likeness (QED) is 0.547. The fraction of sp³-hybridized carbons (Fsp3) is 0.0526. The van der Waals surface area contributed by atoms with Crippen LogP contribution in [0.2, 0.25) is 0 Å². The Labute approximate surface area is 157 Å². The van der Waals surface area contributed by atoms with Crippen molar-refractivity contribution in [3.63, 3.8) is 0 Å². The summed E-state index contributed by atoms with van der Waals surface area (Å²) in [6, 6.07) is 15.6. The first-order valence-corrected chi connectivity index (χ1v) is 11.2. The summed E-state index contributed by atoms with van der Waals surface area (Å²) < 4.78 is 27.8. The summed E-state index contributed by atoms with van der Waals surface area (Å²) in [7, 11) is 0. The number of phenols is 1. The van der Waals surface area contributed by atoms with Crippen molar-refractivity contribution in [1.29, 1.82) is 0 Å². The zero-order valence-electron chi connectivity index (χ0n) is 14.2. The molecule has 3 rings (SSSR count). The molecule has 27 heavy (non-hydrogen) atoms. The van der Waals surface area contributed by atoms with Crippen molar-refractivity contribution >= 4 is 46.9 Å². The van der Waals surface area contributed by atoms with E-state index in [0.717, 1.165) is 22.9 Å². The van der Waals surface area contributed by atoms with Crippen molar-refractivity contribution < 1.29 is 26.3 Å². The van der Waals surface area contributed by atoms with E-state index in [0.29, 0.717) is 0 Å². The number of benzene rings is 3. The molecule has 0 saturated carbocycles. The van der Waals surface area contributed by atoms with E-state index in [1.165, 1.54) is 19.1 Å². The van der Waals surface area contributed by atoms with Gasteiger partial charge in [-0.1, -0.05) is 0 Å². The summed E-state index contributed by atoms with van der Waals surface area (Å²) >= 11 is -5.35. The van der Waals surface area contributed by atoms with E-state index in [4.69, 9.17) is 3.73 Å². The van der Waals surface area contributed by atoms with Crippen LogP contribution in [-0.2, 0) is 12.3 Å². The van der Waals surface area contributed by atoms with Crippen LogP contribution < -0.4 is 9.67 Å². The predicted octanol–water partition coefficient (Wildman–Crippen LogP) is 1.93. The number of amides is 1. The zero-order chi connectivity index (χ0) is 19.6. The minimum atomic E-state index is -5.35. The predicted molar refractivity (Wildman–Crippen MR) is 100 cm³/mol. The van der Waals surface area contributed by atoms with E-state index in [-0.39, 0.29) is 21.4 Å². The van der Waals surface area contributed by atoms with Gasteiger partial charge in [0, 0.05) is 0 Å². The molecule has 0 fully saturated rings. The first kappa shape index (κ1) is 18.8. The van der Waals surface area contributed by atoms with Crippen molar-refractivity contribution in [2.45, 2.75) is 6.92 Å². The monoisotopic (exact) mass is 429 g/mol. The number of fused-ring (bicyclic) bond motifs is 1. The number of hydrogen-bond donors (Lipinski definition) is 3. The average molecular weight is 429 g/mol. The van der Waals surface area contributed by atoms with Gasteiger partial charge in [0.15, 0.2) is 0 Å². The fourth-order valence-corrected chi connectivity index (χ4v) is 4.93. The second kappa shape index (κ2) is 7.31. The molecule has 8 heteroatoms. The standard InChI is InChI=1S/C19H16AsNO6/c1-12(22)21-18-11-16(23)8-9-17(18)20(25,26)27-19(24)15-7-6-13-4-2-3-5-14(13)10-15/h2-11,23H,1H3,(H,21,22)(H,25,26). The van der Waals surface area contributed by atoms with E-state index in [1.807, 2.05) is 24.3 Å². The summed E-state index contributed by atoms with van der Waals surface area (Å²) in [5.74, 6) is -1.66. The Morgan fingerprint density at radius 3 is 2.41 bits per heavy atom. The van der Waals surface area contributed by atoms with Crippen LogP contribution >= 0.6 is 0 Å². The summed E-state index contributed by atoms with van der Waals surface area (Å²) in [6.45, 7) is 1.21. The molecule has 3 aromatic rings. The van der Waals surface area contributed by atoms with Gasteiger partial charge in [0.1, 0.15) is 0 Å². The van der Waals surface area contributed by atoms with Gasteiger partial charge in [0.05, 0.1) is 0 Å². The molecular formula is C19H16AsNO6. The van der Waals surface area contributed by atoms with Crippen molar-refractivity contribution in [3.8, 4) is 5.75 Å². The van der Waals surface area contributed by atoms with E-state index >= 15 is 0 Å². The van der Waals surface area contributed by atoms with Crippen LogP contribution in [0.15, 0.2) is 60.7 Å². The van der Waals surface area contributed by atoms with Gasteiger partial charge < -0.3 is 0 Å². The van der Waals surface area contributed by atoms with Gasteiger partial charge in [-0.3, -0.25) is 0 Å². The van der Waals surface area contributed by atoms with Crippen molar-refractivity contribution in [2.75, 3.05) is 5.32 Å². The first-order valence-electron chi connectivity index (χ1n) is 7.93. The molecule has 0 aliphatic carbocycles. The second-order valence-corrected chi connectivity index (χ2v) is 9.42. The van der Waals surface area contributed by atoms with Crippen LogP contribution in [0, 0.1) is 0 Å². The van der Waals surface area contributed by atoms with Gasteiger partial charge in [-0.2, -0.15) is 0 Å². The molecule has 0 aromatic heterocycles. The Hall–Kier alpha value is -3.02. The van der Waals surface area contributed by atoms with Crippen molar-refractivity contribution in [3.05, 3.63) is 66.2 Å². The summed E-state index contributed by atoms with van der Waals surface area (Å²) in [6.07, 6.45) is 0. The average Bonchev–Trinajstić information content (AvgIpc) is 2.60. The maximum absolute atomic E-state index is 12.7. The van der Waals surface area contributed by atoms with Crippen LogP contribution in [0.1, 0.15) is 17.3 Å². The minimum absolute atomic E-state index is 0.0844. The fourth-order valence-electron chi connectivity index (χ4n) is 2.59. The summed E-state index contributed by atoms with van der Waals surface area (Å²) in [4.78, 5) is 23.7. The third-order valence-electron chi connectivity index (χ3n) is 3.79. The van der Waals surface area contributed by atoms with Crippen LogP contribution in [0.25, 0.3) is 10.8 Å². The van der Waals surface area contributed by atoms with Crippen LogP contribution in [-0.4, -0.2) is 35.3 Å². The number of carbonyl (C=O) groups excluding carboxylic acids is 2. The van der Waals surface area contributed by atoms with Crippen LogP contribution in [0.4, 0.5) is 5.69 Å². The molecule has 1 amide bonds. The van der Waals surface area contributed by atoms with Gasteiger partial charge in [-0.15, -0.1) is 0 Å². The Kier molecular flexibility index (Phi) is 5.08. The molecule has 0 heterocycles. The summed E-state index contributed by atoms with van der Waals surface area (Å²) in [5, 5.41) is 13.6.